The van der Waals surface area contributed by atoms with Gasteiger partial charge in [-0.1, -0.05) is 103 Å². The number of anilines is 2. The standard InChI is InChI=1S/C33H22ClN3O2S/c34-23-16-17-26(25(18-23)30(38)22-14-8-3-9-15-22)36-32(39)31-29(35)28-24(20-10-4-1-5-11-20)19-27(37-33(28)40-31)21-12-6-2-7-13-21/h1-19H,35H2,(H,36,39). The first-order chi connectivity index (χ1) is 19.5. The van der Waals surface area contributed by atoms with Crippen LogP contribution in [0.15, 0.2) is 115 Å². The number of hydrogen-bond donors (Lipinski definition) is 2. The molecule has 4 aromatic carbocycles. The van der Waals surface area contributed by atoms with Crippen molar-refractivity contribution in [2.45, 2.75) is 0 Å². The second-order valence-electron chi connectivity index (χ2n) is 9.15. The number of amides is 1. The monoisotopic (exact) mass is 559 g/mol. The predicted molar refractivity (Wildman–Crippen MR) is 164 cm³/mol. The quantitative estimate of drug-likeness (QED) is 0.201. The van der Waals surface area contributed by atoms with Crippen LogP contribution in [0.2, 0.25) is 5.02 Å². The molecule has 0 aliphatic carbocycles. The van der Waals surface area contributed by atoms with Crippen LogP contribution in [0.3, 0.4) is 0 Å². The molecule has 0 fully saturated rings. The van der Waals surface area contributed by atoms with Gasteiger partial charge in [-0.3, -0.25) is 9.59 Å². The van der Waals surface area contributed by atoms with Gasteiger partial charge in [0.15, 0.2) is 5.78 Å². The maximum atomic E-state index is 13.7. The number of nitrogens with one attached hydrogen (secondary N) is 1. The number of aromatic nitrogens is 1. The molecule has 3 N–H and O–H groups in total. The van der Waals surface area contributed by atoms with Gasteiger partial charge in [-0.25, -0.2) is 4.98 Å². The molecule has 0 spiro atoms. The number of carbonyl (C=O) groups excluding carboxylic acids is 2. The van der Waals surface area contributed by atoms with E-state index in [0.29, 0.717) is 37.2 Å². The summed E-state index contributed by atoms with van der Waals surface area (Å²) in [4.78, 5) is 32.8. The number of nitrogens with two attached hydrogens (primary N) is 1. The molecule has 0 saturated carbocycles. The number of pyridine rings is 1. The van der Waals surface area contributed by atoms with E-state index >= 15 is 0 Å². The minimum absolute atomic E-state index is 0.247. The van der Waals surface area contributed by atoms with Crippen molar-refractivity contribution in [3.8, 4) is 22.4 Å². The molecule has 7 heteroatoms. The zero-order valence-electron chi connectivity index (χ0n) is 21.1. The van der Waals surface area contributed by atoms with Gasteiger partial charge in [0.25, 0.3) is 5.91 Å². The number of rotatable bonds is 6. The number of benzene rings is 4. The second kappa shape index (κ2) is 10.8. The molecule has 0 aliphatic heterocycles. The van der Waals surface area contributed by atoms with Gasteiger partial charge in [0.05, 0.1) is 17.1 Å². The first-order valence-corrected chi connectivity index (χ1v) is 13.7. The molecule has 0 unspecified atom stereocenters. The Morgan fingerprint density at radius 3 is 2.08 bits per heavy atom. The third kappa shape index (κ3) is 4.86. The second-order valence-corrected chi connectivity index (χ2v) is 10.6. The van der Waals surface area contributed by atoms with Gasteiger partial charge in [-0.15, -0.1) is 11.3 Å². The van der Waals surface area contributed by atoms with Gasteiger partial charge < -0.3 is 11.1 Å². The predicted octanol–water partition coefficient (Wildman–Crippen LogP) is 8.35. The van der Waals surface area contributed by atoms with Crippen molar-refractivity contribution in [3.05, 3.63) is 136 Å². The first kappa shape index (κ1) is 25.5. The van der Waals surface area contributed by atoms with E-state index < -0.39 is 5.91 Å². The number of hydrogen-bond acceptors (Lipinski definition) is 5. The number of fused-ring (bicyclic) bond motifs is 1. The molecule has 6 rings (SSSR count). The Balaban J connectivity index is 1.44. The summed E-state index contributed by atoms with van der Waals surface area (Å²) in [6.45, 7) is 0. The van der Waals surface area contributed by atoms with Crippen molar-refractivity contribution in [2.24, 2.45) is 0 Å². The van der Waals surface area contributed by atoms with Crippen LogP contribution in [-0.2, 0) is 0 Å². The highest BCUT2D eigenvalue weighted by Gasteiger charge is 2.23. The zero-order valence-corrected chi connectivity index (χ0v) is 22.7. The lowest BCUT2D eigenvalue weighted by atomic mass is 9.99. The van der Waals surface area contributed by atoms with E-state index in [1.54, 1.807) is 42.5 Å². The van der Waals surface area contributed by atoms with Crippen LogP contribution in [0.4, 0.5) is 11.4 Å². The van der Waals surface area contributed by atoms with Crippen molar-refractivity contribution in [2.75, 3.05) is 11.1 Å². The Hall–Kier alpha value is -4.78. The summed E-state index contributed by atoms with van der Waals surface area (Å²) < 4.78 is 0. The summed E-state index contributed by atoms with van der Waals surface area (Å²) >= 11 is 7.45. The van der Waals surface area contributed by atoms with Crippen LogP contribution in [0.1, 0.15) is 25.6 Å². The highest BCUT2D eigenvalue weighted by Crippen LogP contribution is 2.41. The SMILES string of the molecule is Nc1c(C(=O)Nc2ccc(Cl)cc2C(=O)c2ccccc2)sc2nc(-c3ccccc3)cc(-c3ccccc3)c12. The van der Waals surface area contributed by atoms with E-state index in [4.69, 9.17) is 22.3 Å². The number of nitrogen functional groups attached to an aromatic ring is 1. The number of carbonyl (C=O) groups is 2. The Morgan fingerprint density at radius 1 is 0.775 bits per heavy atom. The van der Waals surface area contributed by atoms with Gasteiger partial charge in [-0.05, 0) is 35.4 Å². The lowest BCUT2D eigenvalue weighted by Crippen LogP contribution is -2.15. The van der Waals surface area contributed by atoms with Crippen LogP contribution in [0.5, 0.6) is 0 Å². The third-order valence-corrected chi connectivity index (χ3v) is 7.90. The van der Waals surface area contributed by atoms with Crippen LogP contribution < -0.4 is 11.1 Å². The van der Waals surface area contributed by atoms with E-state index in [2.05, 4.69) is 5.32 Å². The lowest BCUT2D eigenvalue weighted by molar-refractivity contribution is 0.103. The van der Waals surface area contributed by atoms with Crippen molar-refractivity contribution in [3.63, 3.8) is 0 Å². The molecule has 40 heavy (non-hydrogen) atoms. The molecule has 2 heterocycles. The molecular formula is C33H22ClN3O2S. The molecule has 5 nitrogen and oxygen atoms in total. The minimum atomic E-state index is -0.426. The summed E-state index contributed by atoms with van der Waals surface area (Å²) in [6.07, 6.45) is 0. The number of halogens is 1. The zero-order chi connectivity index (χ0) is 27.6. The molecule has 0 saturated heterocycles. The number of ketones is 1. The van der Waals surface area contributed by atoms with Gasteiger partial charge in [0.2, 0.25) is 0 Å². The van der Waals surface area contributed by atoms with E-state index in [1.807, 2.05) is 72.8 Å². The van der Waals surface area contributed by atoms with Crippen molar-refractivity contribution in [1.82, 2.24) is 4.98 Å². The highest BCUT2D eigenvalue weighted by molar-refractivity contribution is 7.21. The Labute approximate surface area is 239 Å². The van der Waals surface area contributed by atoms with E-state index in [-0.39, 0.29) is 5.78 Å². The smallest absolute Gasteiger partial charge is 0.267 e. The van der Waals surface area contributed by atoms with Crippen LogP contribution in [0, 0.1) is 0 Å². The van der Waals surface area contributed by atoms with Crippen LogP contribution in [-0.4, -0.2) is 16.7 Å². The molecule has 2 aromatic heterocycles. The van der Waals surface area contributed by atoms with Gasteiger partial charge in [0.1, 0.15) is 9.71 Å². The highest BCUT2D eigenvalue weighted by atomic mass is 35.5. The Kier molecular flexibility index (Phi) is 6.86. The molecule has 194 valence electrons. The normalized spacial score (nSPS) is 10.9. The molecule has 0 radical (unpaired) electrons. The summed E-state index contributed by atoms with van der Waals surface area (Å²) in [5.74, 6) is -0.673. The van der Waals surface area contributed by atoms with Gasteiger partial charge >= 0.3 is 0 Å². The maximum Gasteiger partial charge on any atom is 0.267 e. The molecule has 1 amide bonds. The van der Waals surface area contributed by atoms with Crippen LogP contribution >= 0.6 is 22.9 Å². The van der Waals surface area contributed by atoms with E-state index in [1.165, 1.54) is 11.3 Å². The average molecular weight is 560 g/mol. The fraction of sp³-hybridized carbons (Fsp3) is 0. The van der Waals surface area contributed by atoms with Crippen molar-refractivity contribution >= 4 is 56.2 Å². The summed E-state index contributed by atoms with van der Waals surface area (Å²) in [7, 11) is 0. The van der Waals surface area contributed by atoms with E-state index in [0.717, 1.165) is 27.8 Å². The van der Waals surface area contributed by atoms with Gasteiger partial charge in [0, 0.05) is 27.1 Å². The largest absolute Gasteiger partial charge is 0.397 e. The summed E-state index contributed by atoms with van der Waals surface area (Å²) in [5, 5.41) is 4.01. The third-order valence-electron chi connectivity index (χ3n) is 6.57. The minimum Gasteiger partial charge on any atom is -0.397 e. The fourth-order valence-corrected chi connectivity index (χ4v) is 5.82. The number of thiophene rings is 1. The fourth-order valence-electron chi connectivity index (χ4n) is 4.63. The summed E-state index contributed by atoms with van der Waals surface area (Å²) in [6, 6.07) is 35.5. The molecule has 0 bridgehead atoms. The molecular weight excluding hydrogens is 538 g/mol. The van der Waals surface area contributed by atoms with Crippen molar-refractivity contribution in [1.29, 1.82) is 0 Å². The molecule has 0 atom stereocenters. The average Bonchev–Trinajstić information content (AvgIpc) is 3.34. The molecule has 6 aromatic rings. The lowest BCUT2D eigenvalue weighted by Gasteiger charge is -2.11. The van der Waals surface area contributed by atoms with Gasteiger partial charge in [-0.2, -0.15) is 0 Å². The van der Waals surface area contributed by atoms with Crippen LogP contribution in [0.25, 0.3) is 32.6 Å². The van der Waals surface area contributed by atoms with Crippen molar-refractivity contribution < 1.29 is 9.59 Å². The van der Waals surface area contributed by atoms with E-state index in [9.17, 15) is 9.59 Å². The first-order valence-electron chi connectivity index (χ1n) is 12.5. The number of nitrogens with zero attached hydrogens (tertiary/aromatic N) is 1. The summed E-state index contributed by atoms with van der Waals surface area (Å²) in [5.41, 5.74) is 11.7. The maximum absolute atomic E-state index is 13.7. The molecule has 0 aliphatic rings. The topological polar surface area (TPSA) is 85.1 Å². The Bertz CT molecular complexity index is 1870. The Morgan fingerprint density at radius 2 is 1.40 bits per heavy atom.